The molecule has 0 saturated heterocycles. The molecule has 1 aromatic carbocycles. The molecule has 2 N–H and O–H groups in total. The van der Waals surface area contributed by atoms with E-state index in [1.807, 2.05) is 12.1 Å². The van der Waals surface area contributed by atoms with Crippen molar-refractivity contribution in [3.05, 3.63) is 42.3 Å². The van der Waals surface area contributed by atoms with Crippen LogP contribution in [0.3, 0.4) is 0 Å². The molecule has 1 aromatic heterocycles. The van der Waals surface area contributed by atoms with Crippen molar-refractivity contribution in [2.75, 3.05) is 0 Å². The van der Waals surface area contributed by atoms with Gasteiger partial charge < -0.3 is 10.2 Å². The molecule has 0 spiro atoms. The van der Waals surface area contributed by atoms with Crippen LogP contribution < -0.4 is 5.73 Å². The van der Waals surface area contributed by atoms with Gasteiger partial charge in [0.15, 0.2) is 0 Å². The van der Waals surface area contributed by atoms with Crippen LogP contribution in [0.15, 0.2) is 41.1 Å². The topological polar surface area (TPSA) is 52.0 Å². The minimum Gasteiger partial charge on any atom is -0.445 e. The fraction of sp³-hybridized carbons (Fsp3) is 0.308. The minimum absolute atomic E-state index is 0.0882. The molecule has 3 heteroatoms. The maximum atomic E-state index is 6.25. The Kier molecular flexibility index (Phi) is 2.07. The van der Waals surface area contributed by atoms with Gasteiger partial charge in [-0.1, -0.05) is 12.1 Å². The normalized spacial score (nSPS) is 18.1. The Balaban J connectivity index is 1.91. The molecule has 1 saturated carbocycles. The molecule has 3 nitrogen and oxygen atoms in total. The fourth-order valence-electron chi connectivity index (χ4n) is 2.16. The summed E-state index contributed by atoms with van der Waals surface area (Å²) in [5, 5.41) is 0. The smallest absolute Gasteiger partial charge is 0.225 e. The zero-order chi connectivity index (χ0) is 11.0. The highest BCUT2D eigenvalue weighted by atomic mass is 16.3. The van der Waals surface area contributed by atoms with Crippen molar-refractivity contribution in [3.8, 4) is 11.5 Å². The van der Waals surface area contributed by atoms with E-state index in [0.29, 0.717) is 5.89 Å². The van der Waals surface area contributed by atoms with Crippen LogP contribution in [0.25, 0.3) is 11.5 Å². The predicted octanol–water partition coefficient (Wildman–Crippen LogP) is 2.68. The lowest BCUT2D eigenvalue weighted by Crippen LogP contribution is -2.43. The van der Waals surface area contributed by atoms with E-state index in [9.17, 15) is 0 Å². The lowest BCUT2D eigenvalue weighted by Gasteiger charge is -2.38. The molecule has 0 atom stereocenters. The molecule has 0 radical (unpaired) electrons. The Morgan fingerprint density at radius 3 is 2.44 bits per heavy atom. The number of nitrogens with two attached hydrogens (primary N) is 1. The van der Waals surface area contributed by atoms with E-state index in [4.69, 9.17) is 10.2 Å². The van der Waals surface area contributed by atoms with Crippen molar-refractivity contribution < 1.29 is 4.42 Å². The Bertz CT molecular complexity index is 469. The summed E-state index contributed by atoms with van der Waals surface area (Å²) in [6.45, 7) is 0. The van der Waals surface area contributed by atoms with Crippen LogP contribution in [0, 0.1) is 0 Å². The van der Waals surface area contributed by atoms with Gasteiger partial charge in [-0.2, -0.15) is 0 Å². The Hall–Kier alpha value is -1.61. The van der Waals surface area contributed by atoms with E-state index in [-0.39, 0.29) is 5.54 Å². The SMILES string of the molecule is NC1(c2ccc(-c3ncco3)cc2)CCC1. The van der Waals surface area contributed by atoms with Gasteiger partial charge in [0.2, 0.25) is 5.89 Å². The number of hydrogen-bond donors (Lipinski definition) is 1. The number of oxazole rings is 1. The first kappa shape index (κ1) is 9.60. The van der Waals surface area contributed by atoms with Crippen LogP contribution in [0.4, 0.5) is 0 Å². The van der Waals surface area contributed by atoms with Crippen LogP contribution in [-0.4, -0.2) is 4.98 Å². The first-order valence-corrected chi connectivity index (χ1v) is 5.57. The van der Waals surface area contributed by atoms with Crippen LogP contribution >= 0.6 is 0 Å². The van der Waals surface area contributed by atoms with Gasteiger partial charge in [-0.3, -0.25) is 0 Å². The summed E-state index contributed by atoms with van der Waals surface area (Å²) in [6.07, 6.45) is 6.65. The van der Waals surface area contributed by atoms with Gasteiger partial charge >= 0.3 is 0 Å². The van der Waals surface area contributed by atoms with Crippen LogP contribution in [0.2, 0.25) is 0 Å². The summed E-state index contributed by atoms with van der Waals surface area (Å²) >= 11 is 0. The van der Waals surface area contributed by atoms with Gasteiger partial charge in [-0.15, -0.1) is 0 Å². The molecule has 2 aromatic rings. The number of hydrogen-bond acceptors (Lipinski definition) is 3. The molecule has 1 aliphatic rings. The molecule has 1 aliphatic carbocycles. The van der Waals surface area contributed by atoms with Gasteiger partial charge in [0, 0.05) is 11.1 Å². The van der Waals surface area contributed by atoms with E-state index < -0.39 is 0 Å². The second-order valence-corrected chi connectivity index (χ2v) is 4.42. The molecule has 0 unspecified atom stereocenters. The van der Waals surface area contributed by atoms with Gasteiger partial charge in [-0.05, 0) is 37.0 Å². The van der Waals surface area contributed by atoms with Crippen molar-refractivity contribution >= 4 is 0 Å². The van der Waals surface area contributed by atoms with E-state index >= 15 is 0 Å². The van der Waals surface area contributed by atoms with Gasteiger partial charge in [0.1, 0.15) is 6.26 Å². The number of aromatic nitrogens is 1. The molecule has 1 fully saturated rings. The third-order valence-corrected chi connectivity index (χ3v) is 3.38. The van der Waals surface area contributed by atoms with E-state index in [2.05, 4.69) is 17.1 Å². The summed E-state index contributed by atoms with van der Waals surface area (Å²) in [5.41, 5.74) is 8.38. The van der Waals surface area contributed by atoms with E-state index in [1.165, 1.54) is 12.0 Å². The van der Waals surface area contributed by atoms with E-state index in [1.54, 1.807) is 12.5 Å². The van der Waals surface area contributed by atoms with Gasteiger partial charge in [0.05, 0.1) is 6.20 Å². The summed E-state index contributed by atoms with van der Waals surface area (Å²) in [4.78, 5) is 4.11. The molecular weight excluding hydrogens is 200 g/mol. The highest BCUT2D eigenvalue weighted by Gasteiger charge is 2.34. The maximum absolute atomic E-state index is 6.25. The van der Waals surface area contributed by atoms with Crippen LogP contribution in [0.5, 0.6) is 0 Å². The highest BCUT2D eigenvalue weighted by Crippen LogP contribution is 2.38. The first-order chi connectivity index (χ1) is 7.78. The Morgan fingerprint density at radius 1 is 1.19 bits per heavy atom. The molecular formula is C13H14N2O. The monoisotopic (exact) mass is 214 g/mol. The molecule has 3 rings (SSSR count). The first-order valence-electron chi connectivity index (χ1n) is 5.57. The lowest BCUT2D eigenvalue weighted by molar-refractivity contribution is 0.253. The number of nitrogens with zero attached hydrogens (tertiary/aromatic N) is 1. The van der Waals surface area contributed by atoms with Crippen LogP contribution in [0.1, 0.15) is 24.8 Å². The second-order valence-electron chi connectivity index (χ2n) is 4.42. The zero-order valence-corrected chi connectivity index (χ0v) is 9.02. The summed E-state index contributed by atoms with van der Waals surface area (Å²) in [6, 6.07) is 8.21. The van der Waals surface area contributed by atoms with Crippen molar-refractivity contribution in [2.45, 2.75) is 24.8 Å². The molecule has 16 heavy (non-hydrogen) atoms. The molecule has 0 amide bonds. The third kappa shape index (κ3) is 1.44. The number of rotatable bonds is 2. The quantitative estimate of drug-likeness (QED) is 0.836. The Morgan fingerprint density at radius 2 is 1.94 bits per heavy atom. The maximum Gasteiger partial charge on any atom is 0.225 e. The average molecular weight is 214 g/mol. The van der Waals surface area contributed by atoms with Gasteiger partial charge in [-0.25, -0.2) is 4.98 Å². The second kappa shape index (κ2) is 3.46. The van der Waals surface area contributed by atoms with Crippen molar-refractivity contribution in [2.24, 2.45) is 5.73 Å². The largest absolute Gasteiger partial charge is 0.445 e. The zero-order valence-electron chi connectivity index (χ0n) is 9.02. The summed E-state index contributed by atoms with van der Waals surface area (Å²) < 4.78 is 5.24. The highest BCUT2D eigenvalue weighted by molar-refractivity contribution is 5.53. The molecule has 0 aliphatic heterocycles. The van der Waals surface area contributed by atoms with Crippen molar-refractivity contribution in [3.63, 3.8) is 0 Å². The van der Waals surface area contributed by atoms with Crippen LogP contribution in [-0.2, 0) is 5.54 Å². The fourth-order valence-corrected chi connectivity index (χ4v) is 2.16. The molecule has 82 valence electrons. The third-order valence-electron chi connectivity index (χ3n) is 3.38. The summed E-state index contributed by atoms with van der Waals surface area (Å²) in [5.74, 6) is 0.659. The predicted molar refractivity (Wildman–Crippen MR) is 61.7 cm³/mol. The lowest BCUT2D eigenvalue weighted by atomic mass is 9.73. The minimum atomic E-state index is -0.0882. The average Bonchev–Trinajstić information content (AvgIpc) is 2.80. The summed E-state index contributed by atoms with van der Waals surface area (Å²) in [7, 11) is 0. The number of benzene rings is 1. The standard InChI is InChI=1S/C13H14N2O/c14-13(6-1-7-13)11-4-2-10(3-5-11)12-15-8-9-16-12/h2-5,8-9H,1,6-7,14H2. The van der Waals surface area contributed by atoms with Crippen molar-refractivity contribution in [1.82, 2.24) is 4.98 Å². The molecule has 0 bridgehead atoms. The van der Waals surface area contributed by atoms with Crippen molar-refractivity contribution in [1.29, 1.82) is 0 Å². The molecule has 1 heterocycles. The Labute approximate surface area is 94.3 Å². The van der Waals surface area contributed by atoms with E-state index in [0.717, 1.165) is 18.4 Å². The van der Waals surface area contributed by atoms with Gasteiger partial charge in [0.25, 0.3) is 0 Å².